The van der Waals surface area contributed by atoms with Gasteiger partial charge < -0.3 is 9.64 Å². The Morgan fingerprint density at radius 2 is 1.69 bits per heavy atom. The topological polar surface area (TPSA) is 75.6 Å². The zero-order chi connectivity index (χ0) is 22.7. The SMILES string of the molecule is CCOc1ccc(-c2cc(N3CCN(S(=O)(=O)c4cc(F)ccc4F)CC3)ncn2)cc1. The van der Waals surface area contributed by atoms with Gasteiger partial charge in [-0.2, -0.15) is 4.31 Å². The Hall–Kier alpha value is -3.11. The molecule has 10 heteroatoms. The van der Waals surface area contributed by atoms with E-state index in [1.165, 1.54) is 6.33 Å². The number of halogens is 2. The largest absolute Gasteiger partial charge is 0.494 e. The minimum atomic E-state index is -4.13. The van der Waals surface area contributed by atoms with Gasteiger partial charge in [0.1, 0.15) is 34.4 Å². The summed E-state index contributed by atoms with van der Waals surface area (Å²) in [6.07, 6.45) is 1.46. The number of ether oxygens (including phenoxy) is 1. The smallest absolute Gasteiger partial charge is 0.246 e. The van der Waals surface area contributed by atoms with E-state index in [4.69, 9.17) is 4.74 Å². The third-order valence-electron chi connectivity index (χ3n) is 5.19. The molecule has 0 atom stereocenters. The Kier molecular flexibility index (Phi) is 6.33. The lowest BCUT2D eigenvalue weighted by Crippen LogP contribution is -2.49. The standard InChI is InChI=1S/C22H22F2N4O3S/c1-2-31-18-6-3-16(4-7-18)20-14-22(26-15-25-20)27-9-11-28(12-10-27)32(29,30)21-13-17(23)5-8-19(21)24/h3-8,13-15H,2,9-12H2,1H3. The molecule has 1 aliphatic rings. The van der Waals surface area contributed by atoms with Crippen LogP contribution in [0.4, 0.5) is 14.6 Å². The first-order valence-electron chi connectivity index (χ1n) is 10.1. The summed E-state index contributed by atoms with van der Waals surface area (Å²) >= 11 is 0. The highest BCUT2D eigenvalue weighted by Gasteiger charge is 2.31. The third-order valence-corrected chi connectivity index (χ3v) is 7.10. The van der Waals surface area contributed by atoms with Crippen LogP contribution in [0.2, 0.25) is 0 Å². The highest BCUT2D eigenvalue weighted by molar-refractivity contribution is 7.89. The summed E-state index contributed by atoms with van der Waals surface area (Å²) in [5, 5.41) is 0. The third kappa shape index (κ3) is 4.56. The van der Waals surface area contributed by atoms with Crippen LogP contribution in [0.1, 0.15) is 6.92 Å². The van der Waals surface area contributed by atoms with E-state index in [1.807, 2.05) is 42.2 Å². The average molecular weight is 461 g/mol. The Morgan fingerprint density at radius 1 is 0.969 bits per heavy atom. The van der Waals surface area contributed by atoms with Crippen LogP contribution in [0.15, 0.2) is 59.8 Å². The molecule has 0 radical (unpaired) electrons. The number of hydrogen-bond acceptors (Lipinski definition) is 6. The van der Waals surface area contributed by atoms with Crippen molar-refractivity contribution < 1.29 is 21.9 Å². The molecule has 7 nitrogen and oxygen atoms in total. The maximum Gasteiger partial charge on any atom is 0.246 e. The van der Waals surface area contributed by atoms with Crippen molar-refractivity contribution >= 4 is 15.8 Å². The molecule has 0 saturated carbocycles. The van der Waals surface area contributed by atoms with Gasteiger partial charge in [-0.15, -0.1) is 0 Å². The molecule has 1 saturated heterocycles. The molecule has 0 spiro atoms. The van der Waals surface area contributed by atoms with Crippen LogP contribution in [0, 0.1) is 11.6 Å². The quantitative estimate of drug-likeness (QED) is 0.562. The number of hydrogen-bond donors (Lipinski definition) is 0. The summed E-state index contributed by atoms with van der Waals surface area (Å²) in [5.74, 6) is -0.327. The summed E-state index contributed by atoms with van der Waals surface area (Å²) in [7, 11) is -4.13. The van der Waals surface area contributed by atoms with Gasteiger partial charge in [0.15, 0.2) is 0 Å². The maximum atomic E-state index is 14.0. The van der Waals surface area contributed by atoms with Gasteiger partial charge in [0, 0.05) is 37.8 Å². The predicted octanol–water partition coefficient (Wildman–Crippen LogP) is 3.33. The van der Waals surface area contributed by atoms with Gasteiger partial charge in [-0.25, -0.2) is 27.2 Å². The first-order valence-corrected chi connectivity index (χ1v) is 11.6. The van der Waals surface area contributed by atoms with Gasteiger partial charge in [-0.1, -0.05) is 0 Å². The van der Waals surface area contributed by atoms with Crippen molar-refractivity contribution in [3.8, 4) is 17.0 Å². The Balaban J connectivity index is 1.48. The van der Waals surface area contributed by atoms with Crippen molar-refractivity contribution in [3.05, 3.63) is 66.5 Å². The lowest BCUT2D eigenvalue weighted by molar-refractivity contribution is 0.340. The van der Waals surface area contributed by atoms with E-state index in [-0.39, 0.29) is 13.1 Å². The van der Waals surface area contributed by atoms with Crippen LogP contribution in [-0.2, 0) is 10.0 Å². The Labute approximate surface area is 185 Å². The monoisotopic (exact) mass is 460 g/mol. The van der Waals surface area contributed by atoms with E-state index in [0.717, 1.165) is 33.4 Å². The summed E-state index contributed by atoms with van der Waals surface area (Å²) in [6.45, 7) is 3.47. The normalized spacial score (nSPS) is 15.0. The van der Waals surface area contributed by atoms with Crippen LogP contribution in [0.3, 0.4) is 0 Å². The zero-order valence-electron chi connectivity index (χ0n) is 17.4. The molecule has 3 aromatic rings. The van der Waals surface area contributed by atoms with Crippen LogP contribution >= 0.6 is 0 Å². The molecule has 0 bridgehead atoms. The van der Waals surface area contributed by atoms with Crippen molar-refractivity contribution in [2.45, 2.75) is 11.8 Å². The zero-order valence-corrected chi connectivity index (χ0v) is 18.2. The van der Waals surface area contributed by atoms with E-state index < -0.39 is 26.6 Å². The van der Waals surface area contributed by atoms with Gasteiger partial charge in [0.25, 0.3) is 0 Å². The highest BCUT2D eigenvalue weighted by Crippen LogP contribution is 2.26. The Bertz CT molecular complexity index is 1200. The van der Waals surface area contributed by atoms with Crippen molar-refractivity contribution in [2.24, 2.45) is 0 Å². The number of benzene rings is 2. The van der Waals surface area contributed by atoms with Gasteiger partial charge in [0.05, 0.1) is 12.3 Å². The second-order valence-electron chi connectivity index (χ2n) is 7.18. The molecule has 1 fully saturated rings. The fourth-order valence-corrected chi connectivity index (χ4v) is 5.04. The average Bonchev–Trinajstić information content (AvgIpc) is 2.81. The lowest BCUT2D eigenvalue weighted by atomic mass is 10.1. The van der Waals surface area contributed by atoms with Crippen molar-refractivity contribution in [1.29, 1.82) is 0 Å². The molecule has 0 aliphatic carbocycles. The number of anilines is 1. The number of rotatable bonds is 6. The molecule has 4 rings (SSSR count). The molecule has 2 heterocycles. The van der Waals surface area contributed by atoms with Crippen molar-refractivity contribution in [2.75, 3.05) is 37.7 Å². The number of sulfonamides is 1. The minimum Gasteiger partial charge on any atom is -0.494 e. The fourth-order valence-electron chi connectivity index (χ4n) is 3.54. The van der Waals surface area contributed by atoms with E-state index in [9.17, 15) is 17.2 Å². The summed E-state index contributed by atoms with van der Waals surface area (Å²) < 4.78 is 59.7. The highest BCUT2D eigenvalue weighted by atomic mass is 32.2. The van der Waals surface area contributed by atoms with Crippen LogP contribution in [-0.4, -0.2) is 55.5 Å². The molecule has 0 amide bonds. The number of nitrogens with zero attached hydrogens (tertiary/aromatic N) is 4. The fraction of sp³-hybridized carbons (Fsp3) is 0.273. The van der Waals surface area contributed by atoms with Gasteiger partial charge >= 0.3 is 0 Å². The molecule has 2 aromatic carbocycles. The van der Waals surface area contributed by atoms with E-state index in [2.05, 4.69) is 9.97 Å². The summed E-state index contributed by atoms with van der Waals surface area (Å²) in [5.41, 5.74) is 1.63. The molecule has 1 aromatic heterocycles. The first-order chi connectivity index (χ1) is 15.4. The van der Waals surface area contributed by atoms with Gasteiger partial charge in [-0.3, -0.25) is 0 Å². The molecule has 32 heavy (non-hydrogen) atoms. The second kappa shape index (κ2) is 9.17. The second-order valence-corrected chi connectivity index (χ2v) is 9.09. The lowest BCUT2D eigenvalue weighted by Gasteiger charge is -2.34. The van der Waals surface area contributed by atoms with Crippen molar-refractivity contribution in [1.82, 2.24) is 14.3 Å². The molecule has 168 valence electrons. The Morgan fingerprint density at radius 3 is 2.38 bits per heavy atom. The number of piperazine rings is 1. The van der Waals surface area contributed by atoms with Crippen molar-refractivity contribution in [3.63, 3.8) is 0 Å². The number of aromatic nitrogens is 2. The van der Waals surface area contributed by atoms with Gasteiger partial charge in [-0.05, 0) is 49.4 Å². The van der Waals surface area contributed by atoms with E-state index in [1.54, 1.807) is 0 Å². The molecule has 0 unspecified atom stereocenters. The van der Waals surface area contributed by atoms with Crippen LogP contribution in [0.25, 0.3) is 11.3 Å². The summed E-state index contributed by atoms with van der Waals surface area (Å²) in [4.78, 5) is 9.94. The molecular formula is C22H22F2N4O3S. The minimum absolute atomic E-state index is 0.126. The molecule has 0 N–H and O–H groups in total. The molecular weight excluding hydrogens is 438 g/mol. The van der Waals surface area contributed by atoms with Crippen LogP contribution < -0.4 is 9.64 Å². The summed E-state index contributed by atoms with van der Waals surface area (Å²) in [6, 6.07) is 11.8. The first kappa shape index (κ1) is 22.1. The van der Waals surface area contributed by atoms with E-state index >= 15 is 0 Å². The van der Waals surface area contributed by atoms with Gasteiger partial charge in [0.2, 0.25) is 10.0 Å². The molecule has 1 aliphatic heterocycles. The predicted molar refractivity (Wildman–Crippen MR) is 116 cm³/mol. The van der Waals surface area contributed by atoms with E-state index in [0.29, 0.717) is 31.6 Å². The van der Waals surface area contributed by atoms with Crippen LogP contribution in [0.5, 0.6) is 5.75 Å². The maximum absolute atomic E-state index is 14.0.